The van der Waals surface area contributed by atoms with Gasteiger partial charge in [-0.3, -0.25) is 0 Å². The molecule has 2 aliphatic carbocycles. The first-order valence-corrected chi connectivity index (χ1v) is 20.1. The van der Waals surface area contributed by atoms with Gasteiger partial charge in [0.2, 0.25) is 20.0 Å². The van der Waals surface area contributed by atoms with Gasteiger partial charge in [-0.15, -0.1) is 0 Å². The van der Waals surface area contributed by atoms with Gasteiger partial charge in [0.25, 0.3) is 0 Å². The Morgan fingerprint density at radius 1 is 0.762 bits per heavy atom. The quantitative estimate of drug-likeness (QED) is 0.377. The number of nitrogens with zero attached hydrogens (tertiary/aromatic N) is 1. The molecule has 0 bridgehead atoms. The SMILES string of the molecule is C[C@@]1(N(CCNS(=O)(=O)c2ccc(C3CCCCC3)cc2)S(=O)(=O)c2ccc(C3CCCCC3)cc2)CCS(=O)(=O)C1. The average Bonchev–Trinajstić information content (AvgIpc) is 3.29. The standard InChI is InChI=1S/C31H44N2O6S3/c1-31(20-23-40(34,35)24-31)33(42(38,39)30-18-14-28(15-19-30)26-10-6-3-7-11-26)22-21-32-41(36,37)29-16-12-27(13-17-29)25-8-4-2-5-9-25/h12-19,25-26,32H,2-11,20-24H2,1H3/t31-/m1/s1. The van der Waals surface area contributed by atoms with Gasteiger partial charge in [0.1, 0.15) is 0 Å². The molecule has 2 aromatic rings. The van der Waals surface area contributed by atoms with E-state index in [0.717, 1.165) is 36.8 Å². The fourth-order valence-corrected chi connectivity index (χ4v) is 12.1. The molecule has 42 heavy (non-hydrogen) atoms. The van der Waals surface area contributed by atoms with Crippen molar-refractivity contribution in [3.05, 3.63) is 59.7 Å². The molecule has 1 atom stereocenters. The van der Waals surface area contributed by atoms with Gasteiger partial charge in [0, 0.05) is 18.6 Å². The van der Waals surface area contributed by atoms with E-state index in [9.17, 15) is 25.3 Å². The highest BCUT2D eigenvalue weighted by atomic mass is 32.2. The van der Waals surface area contributed by atoms with Gasteiger partial charge < -0.3 is 0 Å². The summed E-state index contributed by atoms with van der Waals surface area (Å²) in [5, 5.41) is 0. The predicted molar refractivity (Wildman–Crippen MR) is 165 cm³/mol. The molecule has 5 rings (SSSR count). The summed E-state index contributed by atoms with van der Waals surface area (Å²) in [5.74, 6) is 0.488. The lowest BCUT2D eigenvalue weighted by molar-refractivity contribution is 0.236. The van der Waals surface area contributed by atoms with Crippen LogP contribution in [-0.4, -0.2) is 59.7 Å². The van der Waals surface area contributed by atoms with Crippen LogP contribution in [0.25, 0.3) is 0 Å². The third-order valence-corrected chi connectivity index (χ3v) is 14.9. The molecule has 0 aromatic heterocycles. The molecule has 1 saturated heterocycles. The largest absolute Gasteiger partial charge is 0.243 e. The van der Waals surface area contributed by atoms with Crippen molar-refractivity contribution in [1.82, 2.24) is 9.03 Å². The monoisotopic (exact) mass is 636 g/mol. The molecule has 0 radical (unpaired) electrons. The summed E-state index contributed by atoms with van der Waals surface area (Å²) in [6.07, 6.45) is 11.8. The van der Waals surface area contributed by atoms with Crippen molar-refractivity contribution in [2.45, 2.75) is 105 Å². The number of sulfonamides is 2. The van der Waals surface area contributed by atoms with Crippen LogP contribution < -0.4 is 4.72 Å². The van der Waals surface area contributed by atoms with E-state index in [0.29, 0.717) is 11.8 Å². The van der Waals surface area contributed by atoms with E-state index in [1.54, 1.807) is 31.2 Å². The van der Waals surface area contributed by atoms with Crippen LogP contribution in [0.2, 0.25) is 0 Å². The molecular formula is C31H44N2O6S3. The Bertz CT molecular complexity index is 1540. The van der Waals surface area contributed by atoms with Crippen molar-refractivity contribution in [3.8, 4) is 0 Å². The lowest BCUT2D eigenvalue weighted by atomic mass is 9.84. The number of hydrogen-bond acceptors (Lipinski definition) is 6. The van der Waals surface area contributed by atoms with E-state index in [2.05, 4.69) is 4.72 Å². The number of benzene rings is 2. The maximum Gasteiger partial charge on any atom is 0.243 e. The third-order valence-electron chi connectivity index (χ3n) is 9.50. The molecule has 1 aliphatic heterocycles. The molecule has 0 unspecified atom stereocenters. The lowest BCUT2D eigenvalue weighted by Gasteiger charge is -2.36. The Balaban J connectivity index is 1.32. The van der Waals surface area contributed by atoms with Crippen LogP contribution in [0.15, 0.2) is 58.3 Å². The number of rotatable bonds is 10. The Kier molecular flexibility index (Phi) is 9.54. The van der Waals surface area contributed by atoms with E-state index in [-0.39, 0.29) is 40.8 Å². The molecule has 1 heterocycles. The van der Waals surface area contributed by atoms with Crippen LogP contribution in [0, 0.1) is 0 Å². The molecule has 0 amide bonds. The minimum Gasteiger partial charge on any atom is -0.229 e. The van der Waals surface area contributed by atoms with Crippen molar-refractivity contribution >= 4 is 29.9 Å². The van der Waals surface area contributed by atoms with Crippen LogP contribution in [-0.2, 0) is 29.9 Å². The van der Waals surface area contributed by atoms with Crippen molar-refractivity contribution in [3.63, 3.8) is 0 Å². The Labute approximate surface area is 252 Å². The fraction of sp³-hybridized carbons (Fsp3) is 0.613. The van der Waals surface area contributed by atoms with Crippen LogP contribution in [0.3, 0.4) is 0 Å². The smallest absolute Gasteiger partial charge is 0.229 e. The summed E-state index contributed by atoms with van der Waals surface area (Å²) in [5.41, 5.74) is 1.10. The van der Waals surface area contributed by atoms with E-state index in [4.69, 9.17) is 0 Å². The van der Waals surface area contributed by atoms with E-state index in [1.165, 1.54) is 42.8 Å². The van der Waals surface area contributed by atoms with Crippen LogP contribution in [0.1, 0.15) is 101 Å². The number of sulfone groups is 1. The summed E-state index contributed by atoms with van der Waals surface area (Å²) >= 11 is 0. The maximum atomic E-state index is 14.0. The normalized spacial score (nSPS) is 24.2. The molecule has 2 aromatic carbocycles. The minimum atomic E-state index is -4.11. The molecule has 2 saturated carbocycles. The fourth-order valence-electron chi connectivity index (χ4n) is 7.07. The topological polar surface area (TPSA) is 118 Å². The molecule has 232 valence electrons. The summed E-state index contributed by atoms with van der Waals surface area (Å²) in [4.78, 5) is 0.221. The van der Waals surface area contributed by atoms with Gasteiger partial charge >= 0.3 is 0 Å². The molecule has 3 aliphatic rings. The zero-order valence-corrected chi connectivity index (χ0v) is 27.0. The second-order valence-corrected chi connectivity index (χ2v) is 18.4. The highest BCUT2D eigenvalue weighted by Crippen LogP contribution is 2.36. The number of nitrogens with one attached hydrogen (secondary N) is 1. The highest BCUT2D eigenvalue weighted by Gasteiger charge is 2.48. The molecular weight excluding hydrogens is 593 g/mol. The van der Waals surface area contributed by atoms with Gasteiger partial charge in [-0.2, -0.15) is 4.31 Å². The molecule has 3 fully saturated rings. The molecule has 8 nitrogen and oxygen atoms in total. The maximum absolute atomic E-state index is 14.0. The van der Waals surface area contributed by atoms with Gasteiger partial charge in [-0.1, -0.05) is 62.8 Å². The second kappa shape index (κ2) is 12.7. The van der Waals surface area contributed by atoms with Crippen molar-refractivity contribution in [2.24, 2.45) is 0 Å². The van der Waals surface area contributed by atoms with Gasteiger partial charge in [-0.25, -0.2) is 30.0 Å². The first-order chi connectivity index (χ1) is 19.9. The first-order valence-electron chi connectivity index (χ1n) is 15.3. The Morgan fingerprint density at radius 3 is 1.69 bits per heavy atom. The van der Waals surface area contributed by atoms with Crippen LogP contribution >= 0.6 is 0 Å². The highest BCUT2D eigenvalue weighted by molar-refractivity contribution is 7.92. The van der Waals surface area contributed by atoms with Crippen molar-refractivity contribution < 1.29 is 25.3 Å². The van der Waals surface area contributed by atoms with E-state index < -0.39 is 35.4 Å². The Hall–Kier alpha value is -1.79. The Morgan fingerprint density at radius 2 is 1.24 bits per heavy atom. The second-order valence-electron chi connectivity index (χ2n) is 12.6. The average molecular weight is 637 g/mol. The van der Waals surface area contributed by atoms with Crippen LogP contribution in [0.5, 0.6) is 0 Å². The van der Waals surface area contributed by atoms with Gasteiger partial charge in [0.15, 0.2) is 9.84 Å². The van der Waals surface area contributed by atoms with E-state index >= 15 is 0 Å². The first kappa shape index (κ1) is 31.6. The summed E-state index contributed by atoms with van der Waals surface area (Å²) in [6, 6.07) is 13.9. The molecule has 11 heteroatoms. The zero-order chi connectivity index (χ0) is 30.0. The summed E-state index contributed by atoms with van der Waals surface area (Å²) in [7, 11) is -11.4. The van der Waals surface area contributed by atoms with Crippen molar-refractivity contribution in [2.75, 3.05) is 24.6 Å². The van der Waals surface area contributed by atoms with E-state index in [1.807, 2.05) is 24.3 Å². The van der Waals surface area contributed by atoms with Gasteiger partial charge in [-0.05, 0) is 86.3 Å². The van der Waals surface area contributed by atoms with Gasteiger partial charge in [0.05, 0.1) is 21.3 Å². The summed E-state index contributed by atoms with van der Waals surface area (Å²) in [6.45, 7) is 1.28. The minimum absolute atomic E-state index is 0.0914. The molecule has 0 spiro atoms. The number of hydrogen-bond donors (Lipinski definition) is 1. The third kappa shape index (κ3) is 7.12. The van der Waals surface area contributed by atoms with Crippen molar-refractivity contribution in [1.29, 1.82) is 0 Å². The predicted octanol–water partition coefficient (Wildman–Crippen LogP) is 5.33. The molecule has 1 N–H and O–H groups in total. The zero-order valence-electron chi connectivity index (χ0n) is 24.5. The van der Waals surface area contributed by atoms with Crippen LogP contribution in [0.4, 0.5) is 0 Å². The lowest BCUT2D eigenvalue weighted by Crippen LogP contribution is -2.53. The summed E-state index contributed by atoms with van der Waals surface area (Å²) < 4.78 is 82.9.